The molecule has 0 spiro atoms. The van der Waals surface area contributed by atoms with Gasteiger partial charge in [0.05, 0.1) is 16.0 Å². The first-order chi connectivity index (χ1) is 13.1. The number of halogens is 1. The molecule has 28 heavy (non-hydrogen) atoms. The molecule has 2 amide bonds. The fourth-order valence-electron chi connectivity index (χ4n) is 3.34. The summed E-state index contributed by atoms with van der Waals surface area (Å²) in [6.07, 6.45) is 2.32. The van der Waals surface area contributed by atoms with Crippen LogP contribution in [0.1, 0.15) is 44.7 Å². The lowest BCUT2D eigenvalue weighted by molar-refractivity contribution is 0.0964. The third-order valence-electron chi connectivity index (χ3n) is 5.08. The maximum Gasteiger partial charge on any atom is 0.255 e. The largest absolute Gasteiger partial charge is 0.355 e. The van der Waals surface area contributed by atoms with E-state index in [0.717, 1.165) is 0 Å². The van der Waals surface area contributed by atoms with Crippen molar-refractivity contribution in [3.8, 4) is 0 Å². The molecule has 1 saturated carbocycles. The Bertz CT molecular complexity index is 1080. The third-order valence-corrected chi connectivity index (χ3v) is 7.36. The zero-order valence-electron chi connectivity index (χ0n) is 15.8. The normalized spacial score (nSPS) is 15.0. The van der Waals surface area contributed by atoms with Gasteiger partial charge in [-0.2, -0.15) is 0 Å². The van der Waals surface area contributed by atoms with Gasteiger partial charge >= 0.3 is 0 Å². The molecule has 0 unspecified atom stereocenters. The lowest BCUT2D eigenvalue weighted by Crippen LogP contribution is -2.23. The van der Waals surface area contributed by atoms with Crippen molar-refractivity contribution < 1.29 is 18.0 Å². The van der Waals surface area contributed by atoms with E-state index in [1.54, 1.807) is 37.3 Å². The molecule has 2 aromatic rings. The van der Waals surface area contributed by atoms with E-state index in [1.165, 1.54) is 19.4 Å². The Labute approximate surface area is 169 Å². The smallest absolute Gasteiger partial charge is 0.255 e. The van der Waals surface area contributed by atoms with Gasteiger partial charge in [-0.3, -0.25) is 9.59 Å². The van der Waals surface area contributed by atoms with Crippen LogP contribution in [0.25, 0.3) is 0 Å². The molecule has 0 aromatic heterocycles. The van der Waals surface area contributed by atoms with Crippen LogP contribution < -0.4 is 10.6 Å². The summed E-state index contributed by atoms with van der Waals surface area (Å²) in [5.74, 6) is -0.801. The Morgan fingerprint density at radius 3 is 2.36 bits per heavy atom. The number of carbonyl (C=O) groups excluding carboxylic acids is 2. The van der Waals surface area contributed by atoms with Gasteiger partial charge < -0.3 is 10.6 Å². The molecule has 1 fully saturated rings. The first kappa shape index (κ1) is 20.4. The molecular formula is C20H21ClN2O4S. The van der Waals surface area contributed by atoms with Crippen LogP contribution in [0.15, 0.2) is 36.4 Å². The lowest BCUT2D eigenvalue weighted by Gasteiger charge is -2.16. The summed E-state index contributed by atoms with van der Waals surface area (Å²) < 4.78 is 23.4. The summed E-state index contributed by atoms with van der Waals surface area (Å²) in [4.78, 5) is 25.0. The minimum atomic E-state index is -3.28. The first-order valence-corrected chi connectivity index (χ1v) is 11.0. The Morgan fingerprint density at radius 2 is 1.79 bits per heavy atom. The van der Waals surface area contributed by atoms with Crippen molar-refractivity contribution in [3.63, 3.8) is 0 Å². The number of rotatable bonds is 5. The van der Waals surface area contributed by atoms with E-state index in [1.807, 2.05) is 0 Å². The summed E-state index contributed by atoms with van der Waals surface area (Å²) in [5.41, 5.74) is 2.20. The molecule has 3 rings (SSSR count). The highest BCUT2D eigenvalue weighted by Crippen LogP contribution is 2.52. The van der Waals surface area contributed by atoms with Crippen LogP contribution in [0.2, 0.25) is 5.02 Å². The van der Waals surface area contributed by atoms with E-state index >= 15 is 0 Å². The highest BCUT2D eigenvalue weighted by atomic mass is 35.5. The monoisotopic (exact) mass is 420 g/mol. The van der Waals surface area contributed by atoms with Crippen LogP contribution >= 0.6 is 11.6 Å². The van der Waals surface area contributed by atoms with Crippen LogP contribution in [0, 0.1) is 6.92 Å². The Hall–Kier alpha value is -2.38. The molecule has 6 nitrogen and oxygen atoms in total. The average Bonchev–Trinajstić information content (AvgIpc) is 3.45. The van der Waals surface area contributed by atoms with Gasteiger partial charge in [-0.05, 0) is 55.2 Å². The second kappa shape index (κ2) is 7.22. The van der Waals surface area contributed by atoms with E-state index in [0.29, 0.717) is 40.2 Å². The van der Waals surface area contributed by atoms with E-state index in [9.17, 15) is 18.0 Å². The molecule has 1 aliphatic rings. The van der Waals surface area contributed by atoms with E-state index in [4.69, 9.17) is 11.6 Å². The SMILES string of the molecule is CNC(=O)c1cc(Cl)cc(C)c1NC(=O)c1cccc(C2(S(C)(=O)=O)CC2)c1. The Morgan fingerprint density at radius 1 is 1.11 bits per heavy atom. The molecule has 0 radical (unpaired) electrons. The number of anilines is 1. The van der Waals surface area contributed by atoms with Gasteiger partial charge in [-0.1, -0.05) is 23.7 Å². The summed E-state index contributed by atoms with van der Waals surface area (Å²) in [7, 11) is -1.78. The fourth-order valence-corrected chi connectivity index (χ4v) is 5.01. The van der Waals surface area contributed by atoms with Crippen molar-refractivity contribution >= 4 is 38.9 Å². The molecule has 2 aromatic carbocycles. The zero-order valence-corrected chi connectivity index (χ0v) is 17.4. The molecule has 2 N–H and O–H groups in total. The van der Waals surface area contributed by atoms with Crippen LogP contribution in [-0.4, -0.2) is 33.5 Å². The highest BCUT2D eigenvalue weighted by molar-refractivity contribution is 7.92. The van der Waals surface area contributed by atoms with Crippen LogP contribution in [0.3, 0.4) is 0 Å². The van der Waals surface area contributed by atoms with Gasteiger partial charge in [0.2, 0.25) is 0 Å². The predicted molar refractivity (Wildman–Crippen MR) is 110 cm³/mol. The van der Waals surface area contributed by atoms with Crippen LogP contribution in [0.5, 0.6) is 0 Å². The van der Waals surface area contributed by atoms with Crippen molar-refractivity contribution in [2.24, 2.45) is 0 Å². The second-order valence-electron chi connectivity index (χ2n) is 7.03. The number of nitrogens with one attached hydrogen (secondary N) is 2. The molecule has 0 bridgehead atoms. The topological polar surface area (TPSA) is 92.3 Å². The highest BCUT2D eigenvalue weighted by Gasteiger charge is 2.53. The van der Waals surface area contributed by atoms with Gasteiger partial charge in [-0.15, -0.1) is 0 Å². The van der Waals surface area contributed by atoms with Crippen LogP contribution in [0.4, 0.5) is 5.69 Å². The average molecular weight is 421 g/mol. The number of benzene rings is 2. The quantitative estimate of drug-likeness (QED) is 0.776. The van der Waals surface area contributed by atoms with Gasteiger partial charge in [0.15, 0.2) is 9.84 Å². The third kappa shape index (κ3) is 3.64. The summed E-state index contributed by atoms with van der Waals surface area (Å²) >= 11 is 6.05. The van der Waals surface area contributed by atoms with E-state index in [2.05, 4.69) is 10.6 Å². The number of amides is 2. The number of hydrogen-bond donors (Lipinski definition) is 2. The molecule has 1 aliphatic carbocycles. The molecule has 0 heterocycles. The van der Waals surface area contributed by atoms with Crippen molar-refractivity contribution in [2.75, 3.05) is 18.6 Å². The maximum atomic E-state index is 12.8. The van der Waals surface area contributed by atoms with Crippen LogP contribution in [-0.2, 0) is 14.6 Å². The van der Waals surface area contributed by atoms with Gasteiger partial charge in [0.25, 0.3) is 11.8 Å². The van der Waals surface area contributed by atoms with Crippen molar-refractivity contribution in [3.05, 3.63) is 63.7 Å². The Kier molecular flexibility index (Phi) is 5.25. The van der Waals surface area contributed by atoms with E-state index < -0.39 is 20.5 Å². The molecule has 148 valence electrons. The van der Waals surface area contributed by atoms with Gasteiger partial charge in [0.1, 0.15) is 0 Å². The molecular weight excluding hydrogens is 400 g/mol. The summed E-state index contributed by atoms with van der Waals surface area (Å²) in [6.45, 7) is 1.74. The van der Waals surface area contributed by atoms with Gasteiger partial charge in [-0.25, -0.2) is 8.42 Å². The summed E-state index contributed by atoms with van der Waals surface area (Å²) in [5, 5.41) is 5.68. The maximum absolute atomic E-state index is 12.8. The van der Waals surface area contributed by atoms with Crippen molar-refractivity contribution in [1.29, 1.82) is 0 Å². The van der Waals surface area contributed by atoms with Crippen molar-refractivity contribution in [1.82, 2.24) is 5.32 Å². The number of hydrogen-bond acceptors (Lipinski definition) is 4. The molecule has 8 heteroatoms. The van der Waals surface area contributed by atoms with Crippen molar-refractivity contribution in [2.45, 2.75) is 24.5 Å². The first-order valence-electron chi connectivity index (χ1n) is 8.73. The zero-order chi connectivity index (χ0) is 20.7. The van der Waals surface area contributed by atoms with Gasteiger partial charge in [0, 0.05) is 23.9 Å². The minimum Gasteiger partial charge on any atom is -0.355 e. The number of sulfone groups is 1. The molecule has 0 saturated heterocycles. The number of carbonyl (C=O) groups is 2. The second-order valence-corrected chi connectivity index (χ2v) is 9.79. The standard InChI is InChI=1S/C20H21ClN2O4S/c1-12-9-15(21)11-16(19(25)22-2)17(12)23-18(24)13-5-4-6-14(10-13)20(7-8-20)28(3,26)27/h4-6,9-11H,7-8H2,1-3H3,(H,22,25)(H,23,24). The fraction of sp³-hybridized carbons (Fsp3) is 0.300. The number of aryl methyl sites for hydroxylation is 1. The van der Waals surface area contributed by atoms with E-state index in [-0.39, 0.29) is 11.5 Å². The summed E-state index contributed by atoms with van der Waals surface area (Å²) in [6, 6.07) is 9.76. The predicted octanol–water partition coefficient (Wildman–Crippen LogP) is 3.29. The lowest BCUT2D eigenvalue weighted by atomic mass is 10.0. The molecule has 0 aliphatic heterocycles. The molecule has 0 atom stereocenters. The Balaban J connectivity index is 1.96. The minimum absolute atomic E-state index is 0.256.